The van der Waals surface area contributed by atoms with E-state index in [0.717, 1.165) is 27.6 Å². The zero-order valence-electron chi connectivity index (χ0n) is 13.4. The zero-order chi connectivity index (χ0) is 16.6. The van der Waals surface area contributed by atoms with Gasteiger partial charge in [-0.15, -0.1) is 23.1 Å². The summed E-state index contributed by atoms with van der Waals surface area (Å²) in [7, 11) is 0. The Morgan fingerprint density at radius 3 is 2.87 bits per heavy atom. The molecular formula is C17H19FN2OS2. The maximum absolute atomic E-state index is 13.5. The van der Waals surface area contributed by atoms with Gasteiger partial charge in [0.1, 0.15) is 10.7 Å². The molecule has 122 valence electrons. The van der Waals surface area contributed by atoms with E-state index in [1.807, 2.05) is 0 Å². The van der Waals surface area contributed by atoms with Crippen LogP contribution >= 0.6 is 23.1 Å². The molecule has 1 aromatic heterocycles. The highest BCUT2D eigenvalue weighted by atomic mass is 32.2. The van der Waals surface area contributed by atoms with Crippen molar-refractivity contribution in [2.75, 3.05) is 5.75 Å². The third-order valence-electron chi connectivity index (χ3n) is 3.69. The minimum atomic E-state index is -0.265. The molecule has 23 heavy (non-hydrogen) atoms. The number of halogens is 1. The number of amides is 1. The van der Waals surface area contributed by atoms with Crippen LogP contribution in [-0.4, -0.2) is 16.6 Å². The van der Waals surface area contributed by atoms with Crippen LogP contribution in [0.5, 0.6) is 0 Å². The van der Waals surface area contributed by atoms with Gasteiger partial charge in [0, 0.05) is 16.1 Å². The van der Waals surface area contributed by atoms with Gasteiger partial charge in [-0.1, -0.05) is 20.8 Å². The van der Waals surface area contributed by atoms with Crippen LogP contribution in [0.15, 0.2) is 29.3 Å². The van der Waals surface area contributed by atoms with E-state index in [-0.39, 0.29) is 23.2 Å². The summed E-state index contributed by atoms with van der Waals surface area (Å²) in [6.07, 6.45) is 2.43. The number of aromatic nitrogens is 1. The molecule has 1 N–H and O–H groups in total. The number of thioether (sulfide) groups is 1. The molecule has 0 aliphatic carbocycles. The fourth-order valence-electron chi connectivity index (χ4n) is 2.47. The predicted octanol–water partition coefficient (Wildman–Crippen LogP) is 4.55. The van der Waals surface area contributed by atoms with Crippen molar-refractivity contribution in [3.8, 4) is 0 Å². The maximum Gasteiger partial charge on any atom is 0.263 e. The number of nitrogens with one attached hydrogen (secondary N) is 1. The van der Waals surface area contributed by atoms with Crippen molar-refractivity contribution in [3.63, 3.8) is 0 Å². The van der Waals surface area contributed by atoms with Crippen molar-refractivity contribution in [2.24, 2.45) is 0 Å². The number of carbonyl (C=O) groups excluding carboxylic acids is 1. The Balaban J connectivity index is 1.79. The Hall–Kier alpha value is -1.40. The summed E-state index contributed by atoms with van der Waals surface area (Å²) in [5.41, 5.74) is 0.801. The van der Waals surface area contributed by atoms with E-state index < -0.39 is 0 Å². The lowest BCUT2D eigenvalue weighted by atomic mass is 9.98. The van der Waals surface area contributed by atoms with Crippen molar-refractivity contribution >= 4 is 29.0 Å². The number of carbonyl (C=O) groups is 1. The van der Waals surface area contributed by atoms with E-state index in [4.69, 9.17) is 0 Å². The molecule has 1 aliphatic rings. The Kier molecular flexibility index (Phi) is 4.47. The highest BCUT2D eigenvalue weighted by Gasteiger charge is 2.25. The molecule has 3 nitrogen and oxygen atoms in total. The van der Waals surface area contributed by atoms with Gasteiger partial charge in [-0.25, -0.2) is 9.37 Å². The molecular weight excluding hydrogens is 331 g/mol. The number of nitrogens with zero attached hydrogens (tertiary/aromatic N) is 1. The Morgan fingerprint density at radius 2 is 2.17 bits per heavy atom. The number of rotatable bonds is 2. The van der Waals surface area contributed by atoms with Gasteiger partial charge in [0.2, 0.25) is 0 Å². The predicted molar refractivity (Wildman–Crippen MR) is 92.8 cm³/mol. The van der Waals surface area contributed by atoms with Gasteiger partial charge in [-0.3, -0.25) is 4.79 Å². The maximum atomic E-state index is 13.5. The second kappa shape index (κ2) is 6.24. The lowest BCUT2D eigenvalue weighted by Gasteiger charge is -2.25. The monoisotopic (exact) mass is 350 g/mol. The molecule has 1 atom stereocenters. The molecule has 0 bridgehead atoms. The van der Waals surface area contributed by atoms with Gasteiger partial charge in [-0.2, -0.15) is 0 Å². The normalized spacial score (nSPS) is 17.7. The van der Waals surface area contributed by atoms with Gasteiger partial charge < -0.3 is 5.32 Å². The molecule has 0 saturated heterocycles. The van der Waals surface area contributed by atoms with E-state index in [0.29, 0.717) is 4.88 Å². The van der Waals surface area contributed by atoms with Gasteiger partial charge in [-0.05, 0) is 30.2 Å². The van der Waals surface area contributed by atoms with Crippen LogP contribution in [0.3, 0.4) is 0 Å². The SMILES string of the molecule is CC(C)(C)c1ncc(C(=O)NC2CCSc3ccc(F)cc32)s1. The first kappa shape index (κ1) is 16.5. The first-order chi connectivity index (χ1) is 10.8. The minimum Gasteiger partial charge on any atom is -0.344 e. The fourth-order valence-corrected chi connectivity index (χ4v) is 4.45. The van der Waals surface area contributed by atoms with Gasteiger partial charge in [0.15, 0.2) is 0 Å². The summed E-state index contributed by atoms with van der Waals surface area (Å²) in [4.78, 5) is 18.5. The molecule has 0 spiro atoms. The number of fused-ring (bicyclic) bond motifs is 1. The molecule has 1 amide bonds. The van der Waals surface area contributed by atoms with Crippen molar-refractivity contribution < 1.29 is 9.18 Å². The summed E-state index contributed by atoms with van der Waals surface area (Å²) >= 11 is 3.12. The Labute approximate surface area is 143 Å². The molecule has 1 aliphatic heterocycles. The van der Waals surface area contributed by atoms with Crippen molar-refractivity contribution in [3.05, 3.63) is 45.7 Å². The second-order valence-electron chi connectivity index (χ2n) is 6.62. The fraction of sp³-hybridized carbons (Fsp3) is 0.412. The third kappa shape index (κ3) is 3.58. The van der Waals surface area contributed by atoms with Crippen LogP contribution in [0.2, 0.25) is 0 Å². The van der Waals surface area contributed by atoms with Gasteiger partial charge in [0.05, 0.1) is 17.2 Å². The van der Waals surface area contributed by atoms with E-state index >= 15 is 0 Å². The third-order valence-corrected chi connectivity index (χ3v) is 6.23. The average molecular weight is 350 g/mol. The Bertz CT molecular complexity index is 736. The van der Waals surface area contributed by atoms with Crippen LogP contribution in [0, 0.1) is 5.82 Å². The quantitative estimate of drug-likeness (QED) is 0.864. The largest absolute Gasteiger partial charge is 0.344 e. The van der Waals surface area contributed by atoms with E-state index in [9.17, 15) is 9.18 Å². The van der Waals surface area contributed by atoms with E-state index in [1.165, 1.54) is 23.5 Å². The summed E-state index contributed by atoms with van der Waals surface area (Å²) in [5, 5.41) is 3.97. The molecule has 0 saturated carbocycles. The molecule has 2 heterocycles. The van der Waals surface area contributed by atoms with Crippen LogP contribution in [0.4, 0.5) is 4.39 Å². The molecule has 6 heteroatoms. The molecule has 0 fully saturated rings. The number of hydrogen-bond acceptors (Lipinski definition) is 4. The lowest BCUT2D eigenvalue weighted by molar-refractivity contribution is 0.0939. The van der Waals surface area contributed by atoms with Gasteiger partial charge >= 0.3 is 0 Å². The van der Waals surface area contributed by atoms with Crippen LogP contribution in [-0.2, 0) is 5.41 Å². The van der Waals surface area contributed by atoms with Crippen LogP contribution in [0.25, 0.3) is 0 Å². The standard InChI is InChI=1S/C17H19FN2OS2/c1-17(2,3)16-19-9-14(23-16)15(21)20-12-6-7-22-13-5-4-10(18)8-11(12)13/h4-5,8-9,12H,6-7H2,1-3H3,(H,20,21). The average Bonchev–Trinajstić information content (AvgIpc) is 2.98. The van der Waals surface area contributed by atoms with E-state index in [1.54, 1.807) is 24.0 Å². The number of benzene rings is 1. The summed E-state index contributed by atoms with van der Waals surface area (Å²) in [6.45, 7) is 6.22. The van der Waals surface area contributed by atoms with Crippen molar-refractivity contribution in [2.45, 2.75) is 43.5 Å². The Morgan fingerprint density at radius 1 is 1.39 bits per heavy atom. The highest BCUT2D eigenvalue weighted by Crippen LogP contribution is 2.37. The topological polar surface area (TPSA) is 42.0 Å². The first-order valence-corrected chi connectivity index (χ1v) is 9.34. The molecule has 1 aromatic carbocycles. The number of hydrogen-bond donors (Lipinski definition) is 1. The molecule has 1 unspecified atom stereocenters. The number of thiazole rings is 1. The van der Waals surface area contributed by atoms with E-state index in [2.05, 4.69) is 31.1 Å². The lowest BCUT2D eigenvalue weighted by Crippen LogP contribution is -2.30. The van der Waals surface area contributed by atoms with Crippen LogP contribution in [0.1, 0.15) is 53.5 Å². The molecule has 2 aromatic rings. The summed E-state index contributed by atoms with van der Waals surface area (Å²) in [6, 6.07) is 4.64. The minimum absolute atomic E-state index is 0.0690. The van der Waals surface area contributed by atoms with Crippen LogP contribution < -0.4 is 5.32 Å². The smallest absolute Gasteiger partial charge is 0.263 e. The molecule has 0 radical (unpaired) electrons. The highest BCUT2D eigenvalue weighted by molar-refractivity contribution is 7.99. The zero-order valence-corrected chi connectivity index (χ0v) is 15.0. The van der Waals surface area contributed by atoms with Crippen molar-refractivity contribution in [1.29, 1.82) is 0 Å². The summed E-state index contributed by atoms with van der Waals surface area (Å²) in [5.74, 6) is 0.517. The van der Waals surface area contributed by atoms with Crippen molar-refractivity contribution in [1.82, 2.24) is 10.3 Å². The summed E-state index contributed by atoms with van der Waals surface area (Å²) < 4.78 is 13.5. The van der Waals surface area contributed by atoms with Gasteiger partial charge in [0.25, 0.3) is 5.91 Å². The molecule has 3 rings (SSSR count). The first-order valence-electron chi connectivity index (χ1n) is 7.54. The second-order valence-corrected chi connectivity index (χ2v) is 8.79.